The third-order valence-corrected chi connectivity index (χ3v) is 3.98. The van der Waals surface area contributed by atoms with Crippen LogP contribution in [0, 0.1) is 0 Å². The summed E-state index contributed by atoms with van der Waals surface area (Å²) < 4.78 is 11.4. The monoisotopic (exact) mass is 267 g/mol. The first-order valence-corrected chi connectivity index (χ1v) is 6.69. The van der Waals surface area contributed by atoms with Gasteiger partial charge in [0.1, 0.15) is 7.14 Å². The Labute approximate surface area is 96.6 Å². The molecular formula is C6H10N3O5PS-2. The van der Waals surface area contributed by atoms with Gasteiger partial charge in [0.15, 0.2) is 5.11 Å². The lowest BCUT2D eigenvalue weighted by atomic mass is 10.7. The Morgan fingerprint density at radius 1 is 1.31 bits per heavy atom. The van der Waals surface area contributed by atoms with Gasteiger partial charge in [-0.05, 0) is 12.2 Å². The molecule has 1 saturated heterocycles. The van der Waals surface area contributed by atoms with Crippen LogP contribution >= 0.6 is 19.4 Å². The fourth-order valence-corrected chi connectivity index (χ4v) is 2.30. The first-order chi connectivity index (χ1) is 7.30. The Morgan fingerprint density at radius 2 is 1.69 bits per heavy atom. The molecule has 1 fully saturated rings. The van der Waals surface area contributed by atoms with Crippen molar-refractivity contribution in [2.45, 2.75) is 0 Å². The van der Waals surface area contributed by atoms with Crippen LogP contribution in [0.1, 0.15) is 0 Å². The molecule has 0 aliphatic carbocycles. The molecule has 0 aromatic carbocycles. The zero-order valence-electron chi connectivity index (χ0n) is 8.10. The second-order valence-corrected chi connectivity index (χ2v) is 6.34. The van der Waals surface area contributed by atoms with Crippen molar-refractivity contribution in [2.24, 2.45) is 5.73 Å². The van der Waals surface area contributed by atoms with Crippen LogP contribution in [0.25, 0.3) is 0 Å². The second kappa shape index (κ2) is 6.41. The summed E-state index contributed by atoms with van der Waals surface area (Å²) in [4.78, 5) is 17.9. The van der Waals surface area contributed by atoms with E-state index >= 15 is 0 Å². The van der Waals surface area contributed by atoms with E-state index in [4.69, 9.17) is 37.8 Å². The number of carboxylic acids is 2. The van der Waals surface area contributed by atoms with Gasteiger partial charge in [-0.25, -0.2) is 0 Å². The molecule has 1 aliphatic heterocycles. The van der Waals surface area contributed by atoms with E-state index in [1.54, 1.807) is 0 Å². The summed E-state index contributed by atoms with van der Waals surface area (Å²) in [5.41, 5.74) is 5.30. The van der Waals surface area contributed by atoms with Gasteiger partial charge in [-0.15, -0.1) is 0 Å². The summed E-state index contributed by atoms with van der Waals surface area (Å²) in [5.74, 6) is -4.37. The number of carboxylic acid groups (broad SMARTS) is 2. The first kappa shape index (κ1) is 14.8. The number of thiocarbonyl (C=S) groups is 1. The van der Waals surface area contributed by atoms with Crippen molar-refractivity contribution in [1.29, 1.82) is 0 Å². The fourth-order valence-electron chi connectivity index (χ4n) is 0.679. The van der Waals surface area contributed by atoms with Crippen molar-refractivity contribution in [2.75, 3.05) is 18.9 Å². The maximum absolute atomic E-state index is 11.4. The Kier molecular flexibility index (Phi) is 5.94. The third kappa shape index (κ3) is 5.64. The maximum atomic E-state index is 11.4. The van der Waals surface area contributed by atoms with E-state index in [1.807, 2.05) is 0 Å². The predicted molar refractivity (Wildman–Crippen MR) is 55.3 cm³/mol. The molecule has 0 bridgehead atoms. The highest BCUT2D eigenvalue weighted by Crippen LogP contribution is 2.41. The highest BCUT2D eigenvalue weighted by atomic mass is 32.1. The number of nitrogens with one attached hydrogen (secondary N) is 2. The van der Waals surface area contributed by atoms with E-state index < -0.39 is 19.1 Å². The van der Waals surface area contributed by atoms with Gasteiger partial charge < -0.3 is 40.7 Å². The smallest absolute Gasteiger partial charge is 0.167 e. The molecule has 1 rings (SSSR count). The minimum atomic E-state index is -2.19. The van der Waals surface area contributed by atoms with Crippen LogP contribution in [-0.4, -0.2) is 35.9 Å². The van der Waals surface area contributed by atoms with Crippen LogP contribution in [0.4, 0.5) is 0 Å². The average molecular weight is 267 g/mol. The van der Waals surface area contributed by atoms with Crippen molar-refractivity contribution in [3.8, 4) is 0 Å². The normalized spacial score (nSPS) is 17.2. The van der Waals surface area contributed by atoms with Crippen LogP contribution in [0.5, 0.6) is 0 Å². The molecule has 0 spiro atoms. The molecule has 10 heteroatoms. The molecule has 8 nitrogen and oxygen atoms in total. The number of aliphatic carboxylic acids is 2. The molecule has 0 unspecified atom stereocenters. The summed E-state index contributed by atoms with van der Waals surface area (Å²) >= 11 is 4.77. The van der Waals surface area contributed by atoms with Gasteiger partial charge in [0.05, 0.1) is 24.5 Å². The summed E-state index contributed by atoms with van der Waals surface area (Å²) in [6.07, 6.45) is 1.13. The molecule has 92 valence electrons. The van der Waals surface area contributed by atoms with Crippen LogP contribution in [0.3, 0.4) is 0 Å². The van der Waals surface area contributed by atoms with Gasteiger partial charge in [0, 0.05) is 6.29 Å². The number of nitrogens with two attached hydrogens (primary N) is 1. The molecule has 0 saturated carbocycles. The molecule has 4 N–H and O–H groups in total. The summed E-state index contributed by atoms with van der Waals surface area (Å²) in [6.45, 7) is 0. The Bertz CT molecular complexity index is 321. The fraction of sp³-hybridized carbons (Fsp3) is 0.500. The van der Waals surface area contributed by atoms with Gasteiger partial charge in [-0.1, -0.05) is 0 Å². The summed E-state index contributed by atoms with van der Waals surface area (Å²) in [7, 11) is -2.16. The van der Waals surface area contributed by atoms with Crippen molar-refractivity contribution in [3.63, 3.8) is 0 Å². The third-order valence-electron chi connectivity index (χ3n) is 1.55. The predicted octanol–water partition coefficient (Wildman–Crippen LogP) is -3.86. The van der Waals surface area contributed by atoms with Crippen molar-refractivity contribution < 1.29 is 24.4 Å². The van der Waals surface area contributed by atoms with E-state index in [2.05, 4.69) is 10.6 Å². The second-order valence-electron chi connectivity index (χ2n) is 2.81. The molecule has 0 aromatic heterocycles. The number of carbonyl (C=O) groups excluding carboxylic acids is 2. The number of hydrogen-bond donors (Lipinski definition) is 3. The zero-order valence-corrected chi connectivity index (χ0v) is 9.81. The molecular weight excluding hydrogens is 257 g/mol. The van der Waals surface area contributed by atoms with Crippen LogP contribution in [-0.2, 0) is 14.2 Å². The quantitative estimate of drug-likeness (QED) is 0.246. The molecule has 0 atom stereocenters. The van der Waals surface area contributed by atoms with E-state index in [1.165, 1.54) is 0 Å². The van der Waals surface area contributed by atoms with Gasteiger partial charge in [-0.2, -0.15) is 0 Å². The zero-order chi connectivity index (χ0) is 12.8. The minimum Gasteiger partial charge on any atom is -0.543 e. The van der Waals surface area contributed by atoms with Gasteiger partial charge in [-0.3, -0.25) is 0 Å². The molecule has 16 heavy (non-hydrogen) atoms. The van der Waals surface area contributed by atoms with Crippen LogP contribution in [0.15, 0.2) is 0 Å². The van der Waals surface area contributed by atoms with Gasteiger partial charge >= 0.3 is 0 Å². The number of carbonyl (C=O) groups is 2. The van der Waals surface area contributed by atoms with Crippen molar-refractivity contribution >= 4 is 36.4 Å². The molecule has 0 amide bonds. The van der Waals surface area contributed by atoms with E-state index in [9.17, 15) is 4.57 Å². The van der Waals surface area contributed by atoms with Gasteiger partial charge in [0.2, 0.25) is 0 Å². The topological polar surface area (TPSA) is 147 Å². The van der Waals surface area contributed by atoms with Gasteiger partial charge in [0.25, 0.3) is 0 Å². The van der Waals surface area contributed by atoms with Crippen molar-refractivity contribution in [1.82, 2.24) is 10.6 Å². The maximum Gasteiger partial charge on any atom is 0.167 e. The Hall–Kier alpha value is -1.18. The first-order valence-electron chi connectivity index (χ1n) is 4.02. The number of rotatable bonds is 1. The largest absolute Gasteiger partial charge is 0.543 e. The standard InChI is InChI=1S/C4H10N3OPS.C2H2O4/c5-1-9(8)2-6-4(10)7-3-9;3-1(4)2(5)6/h1-3,5H2,(H2,6,7,10);(H,3,4)(H,5,6)/p-2. The lowest BCUT2D eigenvalue weighted by Gasteiger charge is -2.24. The highest BCUT2D eigenvalue weighted by molar-refractivity contribution is 7.80. The van der Waals surface area contributed by atoms with Crippen LogP contribution in [0.2, 0.25) is 0 Å². The number of hydrogen-bond acceptors (Lipinski definition) is 7. The van der Waals surface area contributed by atoms with E-state index in [0.29, 0.717) is 17.7 Å². The molecule has 1 heterocycles. The minimum absolute atomic E-state index is 0.246. The average Bonchev–Trinajstić information content (AvgIpc) is 2.24. The Morgan fingerprint density at radius 3 is 1.94 bits per heavy atom. The van der Waals surface area contributed by atoms with Crippen LogP contribution < -0.4 is 26.6 Å². The van der Waals surface area contributed by atoms with Crippen molar-refractivity contribution in [3.05, 3.63) is 0 Å². The Balaban J connectivity index is 0.000000325. The lowest BCUT2D eigenvalue weighted by molar-refractivity contribution is -0.345. The summed E-state index contributed by atoms with van der Waals surface area (Å²) in [5, 5.41) is 24.0. The lowest BCUT2D eigenvalue weighted by Crippen LogP contribution is -2.43. The molecule has 0 radical (unpaired) electrons. The van der Waals surface area contributed by atoms with E-state index in [-0.39, 0.29) is 6.29 Å². The molecule has 1 aliphatic rings. The SMILES string of the molecule is NCP1(=O)CNC(=S)NC1.O=C([O-])C(=O)[O-]. The summed E-state index contributed by atoms with van der Waals surface area (Å²) in [6, 6.07) is 0. The highest BCUT2D eigenvalue weighted by Gasteiger charge is 2.24. The molecule has 0 aromatic rings. The van der Waals surface area contributed by atoms with E-state index in [0.717, 1.165) is 0 Å².